The van der Waals surface area contributed by atoms with Crippen molar-refractivity contribution in [1.82, 2.24) is 0 Å². The Morgan fingerprint density at radius 2 is 1.53 bits per heavy atom. The number of aryl methyl sites for hydroxylation is 1. The molecule has 0 aromatic heterocycles. The molecule has 1 aromatic carbocycles. The molecule has 0 bridgehead atoms. The van der Waals surface area contributed by atoms with Crippen LogP contribution in [0, 0.1) is 6.92 Å². The lowest BCUT2D eigenvalue weighted by Crippen LogP contribution is -2.41. The van der Waals surface area contributed by atoms with Crippen LogP contribution in [-0.2, 0) is 15.6 Å². The van der Waals surface area contributed by atoms with Gasteiger partial charge in [0.1, 0.15) is 0 Å². The molecular weight excluding hydrogens is 211 g/mol. The Kier molecular flexibility index (Phi) is 3.09. The van der Waals surface area contributed by atoms with Crippen LogP contribution in [0.15, 0.2) is 24.3 Å². The van der Waals surface area contributed by atoms with E-state index in [1.54, 1.807) is 0 Å². The standard InChI is InChI=1S/C14H21BO2/c1-11-8-6-7-9-12(11)10-15-16-13(2,3)14(4,5)17-15/h6-9H,10H2,1-5H3. The number of hydrogen-bond acceptors (Lipinski definition) is 2. The van der Waals surface area contributed by atoms with E-state index in [0.29, 0.717) is 0 Å². The maximum Gasteiger partial charge on any atom is 0.462 e. The third-order valence-corrected chi connectivity index (χ3v) is 3.95. The van der Waals surface area contributed by atoms with Gasteiger partial charge in [0, 0.05) is 6.32 Å². The van der Waals surface area contributed by atoms with Crippen LogP contribution >= 0.6 is 0 Å². The first-order valence-corrected chi connectivity index (χ1v) is 6.22. The molecule has 0 aliphatic carbocycles. The second-order valence-electron chi connectivity index (χ2n) is 5.82. The zero-order valence-corrected chi connectivity index (χ0v) is 11.4. The summed E-state index contributed by atoms with van der Waals surface area (Å²) in [6.45, 7) is 10.5. The van der Waals surface area contributed by atoms with Gasteiger partial charge in [-0.15, -0.1) is 0 Å². The van der Waals surface area contributed by atoms with Crippen molar-refractivity contribution in [3.63, 3.8) is 0 Å². The molecule has 1 fully saturated rings. The molecule has 2 rings (SSSR count). The van der Waals surface area contributed by atoms with Crippen molar-refractivity contribution >= 4 is 7.12 Å². The Morgan fingerprint density at radius 3 is 2.06 bits per heavy atom. The molecule has 1 aliphatic heterocycles. The highest BCUT2D eigenvalue weighted by molar-refractivity contribution is 6.45. The summed E-state index contributed by atoms with van der Waals surface area (Å²) in [5.74, 6) is 0. The topological polar surface area (TPSA) is 18.5 Å². The second kappa shape index (κ2) is 4.15. The van der Waals surface area contributed by atoms with Crippen LogP contribution in [0.25, 0.3) is 0 Å². The minimum atomic E-state index is -0.236. The first kappa shape index (κ1) is 12.7. The van der Waals surface area contributed by atoms with E-state index < -0.39 is 0 Å². The van der Waals surface area contributed by atoms with Gasteiger partial charge in [0.15, 0.2) is 0 Å². The fourth-order valence-corrected chi connectivity index (χ4v) is 2.07. The van der Waals surface area contributed by atoms with Crippen molar-refractivity contribution in [2.24, 2.45) is 0 Å². The summed E-state index contributed by atoms with van der Waals surface area (Å²) in [6, 6.07) is 8.39. The first-order valence-electron chi connectivity index (χ1n) is 6.22. The first-order chi connectivity index (χ1) is 7.82. The largest absolute Gasteiger partial charge is 0.462 e. The Labute approximate surface area is 104 Å². The summed E-state index contributed by atoms with van der Waals surface area (Å²) in [6.07, 6.45) is 0.819. The third-order valence-electron chi connectivity index (χ3n) is 3.95. The van der Waals surface area contributed by atoms with E-state index in [1.807, 2.05) is 0 Å². The van der Waals surface area contributed by atoms with Gasteiger partial charge in [0.2, 0.25) is 0 Å². The molecule has 0 saturated carbocycles. The van der Waals surface area contributed by atoms with E-state index in [0.717, 1.165) is 6.32 Å². The molecule has 0 amide bonds. The second-order valence-corrected chi connectivity index (χ2v) is 5.82. The van der Waals surface area contributed by atoms with Crippen molar-refractivity contribution in [3.05, 3.63) is 35.4 Å². The maximum atomic E-state index is 6.00. The highest BCUT2D eigenvalue weighted by Gasteiger charge is 2.50. The molecule has 1 aromatic rings. The highest BCUT2D eigenvalue weighted by atomic mass is 16.7. The Balaban J connectivity index is 2.11. The van der Waals surface area contributed by atoms with Gasteiger partial charge < -0.3 is 9.31 Å². The van der Waals surface area contributed by atoms with Gasteiger partial charge >= 0.3 is 7.12 Å². The quantitative estimate of drug-likeness (QED) is 0.729. The summed E-state index contributed by atoms with van der Waals surface area (Å²) in [7, 11) is -0.138. The van der Waals surface area contributed by atoms with E-state index in [1.165, 1.54) is 11.1 Å². The lowest BCUT2D eigenvalue weighted by Gasteiger charge is -2.32. The maximum absolute atomic E-state index is 6.00. The molecule has 1 saturated heterocycles. The minimum Gasteiger partial charge on any atom is -0.403 e. The van der Waals surface area contributed by atoms with Gasteiger partial charge in [-0.3, -0.25) is 0 Å². The molecule has 1 heterocycles. The van der Waals surface area contributed by atoms with Gasteiger partial charge in [0.05, 0.1) is 11.2 Å². The summed E-state index contributed by atoms with van der Waals surface area (Å²) >= 11 is 0. The van der Waals surface area contributed by atoms with Gasteiger partial charge in [-0.05, 0) is 45.7 Å². The molecule has 0 unspecified atom stereocenters. The normalized spacial score (nSPS) is 21.8. The number of rotatable bonds is 2. The molecule has 1 aliphatic rings. The Bertz CT molecular complexity index is 396. The van der Waals surface area contributed by atoms with Crippen LogP contribution in [0.4, 0.5) is 0 Å². The van der Waals surface area contributed by atoms with Crippen molar-refractivity contribution in [1.29, 1.82) is 0 Å². The molecule has 0 atom stereocenters. The van der Waals surface area contributed by atoms with Crippen molar-refractivity contribution in [3.8, 4) is 0 Å². The number of benzene rings is 1. The van der Waals surface area contributed by atoms with Gasteiger partial charge in [-0.25, -0.2) is 0 Å². The van der Waals surface area contributed by atoms with Crippen molar-refractivity contribution in [2.45, 2.75) is 52.1 Å². The molecule has 92 valence electrons. The SMILES string of the molecule is Cc1ccccc1CB1OC(C)(C)C(C)(C)O1. The van der Waals surface area contributed by atoms with Crippen LogP contribution in [0.5, 0.6) is 0 Å². The van der Waals surface area contributed by atoms with E-state index in [9.17, 15) is 0 Å². The monoisotopic (exact) mass is 232 g/mol. The van der Waals surface area contributed by atoms with Crippen molar-refractivity contribution < 1.29 is 9.31 Å². The summed E-state index contributed by atoms with van der Waals surface area (Å²) in [4.78, 5) is 0. The van der Waals surface area contributed by atoms with E-state index in [4.69, 9.17) is 9.31 Å². The van der Waals surface area contributed by atoms with E-state index >= 15 is 0 Å². The average molecular weight is 232 g/mol. The van der Waals surface area contributed by atoms with Crippen molar-refractivity contribution in [2.75, 3.05) is 0 Å². The summed E-state index contributed by atoms with van der Waals surface area (Å²) in [5.41, 5.74) is 2.12. The fraction of sp³-hybridized carbons (Fsp3) is 0.571. The summed E-state index contributed by atoms with van der Waals surface area (Å²) < 4.78 is 12.0. The highest BCUT2D eigenvalue weighted by Crippen LogP contribution is 2.37. The van der Waals surface area contributed by atoms with Crippen LogP contribution < -0.4 is 0 Å². The molecular formula is C14H21BO2. The minimum absolute atomic E-state index is 0.138. The molecule has 0 spiro atoms. The zero-order valence-electron chi connectivity index (χ0n) is 11.4. The van der Waals surface area contributed by atoms with Gasteiger partial charge in [-0.2, -0.15) is 0 Å². The van der Waals surface area contributed by atoms with Crippen LogP contribution in [-0.4, -0.2) is 18.3 Å². The molecule has 17 heavy (non-hydrogen) atoms. The predicted octanol–water partition coefficient (Wildman–Crippen LogP) is 3.17. The zero-order chi connectivity index (χ0) is 12.7. The number of hydrogen-bond donors (Lipinski definition) is 0. The van der Waals surface area contributed by atoms with E-state index in [2.05, 4.69) is 58.9 Å². The van der Waals surface area contributed by atoms with Gasteiger partial charge in [-0.1, -0.05) is 24.3 Å². The third kappa shape index (κ3) is 2.40. The average Bonchev–Trinajstić information content (AvgIpc) is 2.39. The molecule has 0 radical (unpaired) electrons. The lowest BCUT2D eigenvalue weighted by atomic mass is 9.79. The molecule has 0 N–H and O–H groups in total. The molecule has 3 heteroatoms. The Hall–Kier alpha value is -0.795. The van der Waals surface area contributed by atoms with E-state index in [-0.39, 0.29) is 18.3 Å². The smallest absolute Gasteiger partial charge is 0.403 e. The predicted molar refractivity (Wildman–Crippen MR) is 71.0 cm³/mol. The molecule has 2 nitrogen and oxygen atoms in total. The van der Waals surface area contributed by atoms with Gasteiger partial charge in [0.25, 0.3) is 0 Å². The van der Waals surface area contributed by atoms with Crippen LogP contribution in [0.3, 0.4) is 0 Å². The van der Waals surface area contributed by atoms with Crippen LogP contribution in [0.1, 0.15) is 38.8 Å². The fourth-order valence-electron chi connectivity index (χ4n) is 2.07. The summed E-state index contributed by atoms with van der Waals surface area (Å²) in [5, 5.41) is 0. The van der Waals surface area contributed by atoms with Crippen LogP contribution in [0.2, 0.25) is 0 Å². The Morgan fingerprint density at radius 1 is 1.00 bits per heavy atom. The lowest BCUT2D eigenvalue weighted by molar-refractivity contribution is 0.00578.